The maximum absolute atomic E-state index is 11.9. The van der Waals surface area contributed by atoms with Gasteiger partial charge in [0.25, 0.3) is 0 Å². The average molecular weight is 304 g/mol. The van der Waals surface area contributed by atoms with Crippen LogP contribution in [0.4, 0.5) is 10.5 Å². The van der Waals surface area contributed by atoms with Crippen LogP contribution in [0.25, 0.3) is 11.1 Å². The first-order chi connectivity index (χ1) is 11.2. The third-order valence-corrected chi connectivity index (χ3v) is 3.42. The van der Waals surface area contributed by atoms with E-state index in [0.717, 1.165) is 16.7 Å². The van der Waals surface area contributed by atoms with Crippen LogP contribution < -0.4 is 10.1 Å². The molecule has 3 aromatic rings. The SMILES string of the molecule is Cc1cc(NC(=O)Oc2ccccc2)ccc1-c1ccncc1. The van der Waals surface area contributed by atoms with Crippen molar-refractivity contribution in [2.75, 3.05) is 5.32 Å². The van der Waals surface area contributed by atoms with Gasteiger partial charge in [0.2, 0.25) is 0 Å². The third kappa shape index (κ3) is 3.74. The topological polar surface area (TPSA) is 51.2 Å². The Bertz CT molecular complexity index is 802. The van der Waals surface area contributed by atoms with Gasteiger partial charge in [0.05, 0.1) is 0 Å². The molecule has 0 radical (unpaired) electrons. The van der Waals surface area contributed by atoms with Gasteiger partial charge >= 0.3 is 6.09 Å². The minimum Gasteiger partial charge on any atom is -0.410 e. The van der Waals surface area contributed by atoms with E-state index in [1.165, 1.54) is 0 Å². The first-order valence-electron chi connectivity index (χ1n) is 7.27. The van der Waals surface area contributed by atoms with Crippen LogP contribution in [0.15, 0.2) is 73.1 Å². The number of para-hydroxylation sites is 1. The maximum atomic E-state index is 11.9. The van der Waals surface area contributed by atoms with Crippen molar-refractivity contribution in [3.8, 4) is 16.9 Å². The number of pyridine rings is 1. The van der Waals surface area contributed by atoms with Gasteiger partial charge in [-0.1, -0.05) is 24.3 Å². The molecule has 0 bridgehead atoms. The van der Waals surface area contributed by atoms with Crippen LogP contribution in [0.2, 0.25) is 0 Å². The van der Waals surface area contributed by atoms with E-state index in [1.807, 2.05) is 55.5 Å². The number of carbonyl (C=O) groups excluding carboxylic acids is 1. The zero-order valence-electron chi connectivity index (χ0n) is 12.7. The predicted molar refractivity (Wildman–Crippen MR) is 90.5 cm³/mol. The van der Waals surface area contributed by atoms with Crippen molar-refractivity contribution in [2.45, 2.75) is 6.92 Å². The van der Waals surface area contributed by atoms with E-state index in [9.17, 15) is 4.79 Å². The highest BCUT2D eigenvalue weighted by molar-refractivity contribution is 5.87. The van der Waals surface area contributed by atoms with Gasteiger partial charge in [-0.15, -0.1) is 0 Å². The molecular formula is C19H16N2O2. The van der Waals surface area contributed by atoms with Crippen molar-refractivity contribution in [2.24, 2.45) is 0 Å². The van der Waals surface area contributed by atoms with Crippen LogP contribution >= 0.6 is 0 Å². The molecule has 3 rings (SSSR count). The van der Waals surface area contributed by atoms with Gasteiger partial charge in [0.15, 0.2) is 0 Å². The number of nitrogens with zero attached hydrogens (tertiary/aromatic N) is 1. The van der Waals surface area contributed by atoms with Crippen LogP contribution in [0, 0.1) is 6.92 Å². The number of nitrogens with one attached hydrogen (secondary N) is 1. The second-order valence-corrected chi connectivity index (χ2v) is 5.09. The molecule has 1 N–H and O–H groups in total. The number of ether oxygens (including phenoxy) is 1. The second kappa shape index (κ2) is 6.75. The molecule has 23 heavy (non-hydrogen) atoms. The molecule has 1 aromatic heterocycles. The number of rotatable bonds is 3. The molecule has 4 heteroatoms. The molecule has 1 heterocycles. The van der Waals surface area contributed by atoms with Crippen LogP contribution in [0.1, 0.15) is 5.56 Å². The number of amides is 1. The maximum Gasteiger partial charge on any atom is 0.417 e. The largest absolute Gasteiger partial charge is 0.417 e. The fraction of sp³-hybridized carbons (Fsp3) is 0.0526. The molecule has 114 valence electrons. The van der Waals surface area contributed by atoms with Crippen molar-refractivity contribution in [1.82, 2.24) is 4.98 Å². The summed E-state index contributed by atoms with van der Waals surface area (Å²) in [6.45, 7) is 2.00. The van der Waals surface area contributed by atoms with Gasteiger partial charge in [0.1, 0.15) is 5.75 Å². The van der Waals surface area contributed by atoms with Gasteiger partial charge in [-0.25, -0.2) is 4.79 Å². The van der Waals surface area contributed by atoms with Crippen LogP contribution in [-0.4, -0.2) is 11.1 Å². The molecule has 1 amide bonds. The zero-order valence-corrected chi connectivity index (χ0v) is 12.7. The van der Waals surface area contributed by atoms with Crippen molar-refractivity contribution in [3.63, 3.8) is 0 Å². The molecule has 0 spiro atoms. The first-order valence-corrected chi connectivity index (χ1v) is 7.27. The van der Waals surface area contributed by atoms with Gasteiger partial charge in [-0.3, -0.25) is 10.3 Å². The minimum absolute atomic E-state index is 0.507. The monoisotopic (exact) mass is 304 g/mol. The Morgan fingerprint density at radius 1 is 1.00 bits per heavy atom. The number of carbonyl (C=O) groups is 1. The Morgan fingerprint density at radius 2 is 1.74 bits per heavy atom. The Labute approximate surface area is 134 Å². The molecule has 0 aliphatic heterocycles. The number of aryl methyl sites for hydroxylation is 1. The number of anilines is 1. The van der Waals surface area contributed by atoms with Gasteiger partial charge < -0.3 is 4.74 Å². The number of hydrogen-bond donors (Lipinski definition) is 1. The molecule has 4 nitrogen and oxygen atoms in total. The molecule has 0 aliphatic carbocycles. The van der Waals surface area contributed by atoms with E-state index >= 15 is 0 Å². The fourth-order valence-corrected chi connectivity index (χ4v) is 2.34. The molecule has 2 aromatic carbocycles. The van der Waals surface area contributed by atoms with Crippen LogP contribution in [0.5, 0.6) is 5.75 Å². The van der Waals surface area contributed by atoms with E-state index in [-0.39, 0.29) is 0 Å². The van der Waals surface area contributed by atoms with E-state index in [0.29, 0.717) is 11.4 Å². The van der Waals surface area contributed by atoms with E-state index in [2.05, 4.69) is 10.3 Å². The summed E-state index contributed by atoms with van der Waals surface area (Å²) in [7, 11) is 0. The molecule has 0 unspecified atom stereocenters. The molecule has 0 saturated heterocycles. The summed E-state index contributed by atoms with van der Waals surface area (Å²) in [5, 5.41) is 2.74. The second-order valence-electron chi connectivity index (χ2n) is 5.09. The number of benzene rings is 2. The van der Waals surface area contributed by atoms with E-state index < -0.39 is 6.09 Å². The minimum atomic E-state index is -0.507. The summed E-state index contributed by atoms with van der Waals surface area (Å²) in [5.41, 5.74) is 3.96. The smallest absolute Gasteiger partial charge is 0.410 e. The summed E-state index contributed by atoms with van der Waals surface area (Å²) in [4.78, 5) is 15.9. The Morgan fingerprint density at radius 3 is 2.43 bits per heavy atom. The Hall–Kier alpha value is -3.14. The van der Waals surface area contributed by atoms with Crippen molar-refractivity contribution in [1.29, 1.82) is 0 Å². The lowest BCUT2D eigenvalue weighted by atomic mass is 10.0. The van der Waals surface area contributed by atoms with Crippen LogP contribution in [0.3, 0.4) is 0 Å². The Kier molecular flexibility index (Phi) is 4.34. The van der Waals surface area contributed by atoms with E-state index in [1.54, 1.807) is 24.5 Å². The normalized spacial score (nSPS) is 10.1. The summed E-state index contributed by atoms with van der Waals surface area (Å²) in [6.07, 6.45) is 3.02. The molecule has 0 fully saturated rings. The number of aromatic nitrogens is 1. The van der Waals surface area contributed by atoms with Crippen molar-refractivity contribution in [3.05, 3.63) is 78.6 Å². The lowest BCUT2D eigenvalue weighted by Gasteiger charge is -2.10. The summed E-state index contributed by atoms with van der Waals surface area (Å²) >= 11 is 0. The summed E-state index contributed by atoms with van der Waals surface area (Å²) in [5.74, 6) is 0.509. The average Bonchev–Trinajstić information content (AvgIpc) is 2.56. The molecule has 0 aliphatic rings. The summed E-state index contributed by atoms with van der Waals surface area (Å²) in [6, 6.07) is 18.6. The van der Waals surface area contributed by atoms with Crippen molar-refractivity contribution < 1.29 is 9.53 Å². The predicted octanol–water partition coefficient (Wildman–Crippen LogP) is 4.67. The first kappa shape index (κ1) is 14.8. The third-order valence-electron chi connectivity index (χ3n) is 3.42. The molecule has 0 saturated carbocycles. The molecular weight excluding hydrogens is 288 g/mol. The van der Waals surface area contributed by atoms with Gasteiger partial charge in [0, 0.05) is 18.1 Å². The highest BCUT2D eigenvalue weighted by Crippen LogP contribution is 2.25. The Balaban J connectivity index is 1.72. The van der Waals surface area contributed by atoms with Crippen molar-refractivity contribution >= 4 is 11.8 Å². The lowest BCUT2D eigenvalue weighted by molar-refractivity contribution is 0.215. The lowest BCUT2D eigenvalue weighted by Crippen LogP contribution is -2.16. The highest BCUT2D eigenvalue weighted by atomic mass is 16.6. The fourth-order valence-electron chi connectivity index (χ4n) is 2.34. The summed E-state index contributed by atoms with van der Waals surface area (Å²) < 4.78 is 5.21. The zero-order chi connectivity index (χ0) is 16.1. The number of hydrogen-bond acceptors (Lipinski definition) is 3. The van der Waals surface area contributed by atoms with Gasteiger partial charge in [-0.05, 0) is 60.0 Å². The standard InChI is InChI=1S/C19H16N2O2/c1-14-13-16(7-8-18(14)15-9-11-20-12-10-15)21-19(22)23-17-5-3-2-4-6-17/h2-13H,1H3,(H,21,22). The highest BCUT2D eigenvalue weighted by Gasteiger charge is 2.07. The van der Waals surface area contributed by atoms with Crippen LogP contribution in [-0.2, 0) is 0 Å². The van der Waals surface area contributed by atoms with E-state index in [4.69, 9.17) is 4.74 Å². The quantitative estimate of drug-likeness (QED) is 0.765. The van der Waals surface area contributed by atoms with Gasteiger partial charge in [-0.2, -0.15) is 0 Å². The molecule has 0 atom stereocenters.